The molecule has 2 amide bonds. The van der Waals surface area contributed by atoms with Crippen LogP contribution in [0.5, 0.6) is 0 Å². The Kier molecular flexibility index (Phi) is 3.50. The number of urea groups is 1. The van der Waals surface area contributed by atoms with Crippen LogP contribution >= 0.6 is 0 Å². The molecular weight excluding hydrogens is 232 g/mol. The molecule has 0 aromatic heterocycles. The minimum Gasteiger partial charge on any atom is -0.481 e. The van der Waals surface area contributed by atoms with E-state index < -0.39 is 11.4 Å². The third-order valence-electron chi connectivity index (χ3n) is 4.19. The van der Waals surface area contributed by atoms with E-state index in [0.717, 1.165) is 32.2 Å². The summed E-state index contributed by atoms with van der Waals surface area (Å²) in [5.74, 6) is -0.745. The molecule has 2 N–H and O–H groups in total. The van der Waals surface area contributed by atoms with Crippen LogP contribution in [0.15, 0.2) is 0 Å². The van der Waals surface area contributed by atoms with Gasteiger partial charge in [0.05, 0.1) is 5.41 Å². The van der Waals surface area contributed by atoms with Crippen molar-refractivity contribution in [1.29, 1.82) is 0 Å². The van der Waals surface area contributed by atoms with Crippen LogP contribution in [-0.2, 0) is 4.79 Å². The molecule has 5 nitrogen and oxygen atoms in total. The lowest BCUT2D eigenvalue weighted by Crippen LogP contribution is -2.50. The average Bonchev–Trinajstić information content (AvgIpc) is 3.13. The molecule has 2 aliphatic rings. The lowest BCUT2D eigenvalue weighted by molar-refractivity contribution is -0.151. The second-order valence-electron chi connectivity index (χ2n) is 6.04. The second-order valence-corrected chi connectivity index (χ2v) is 6.04. The highest BCUT2D eigenvalue weighted by molar-refractivity contribution is 5.76. The van der Waals surface area contributed by atoms with E-state index in [1.165, 1.54) is 0 Å². The molecule has 1 saturated carbocycles. The maximum Gasteiger partial charge on any atom is 0.317 e. The van der Waals surface area contributed by atoms with Crippen LogP contribution in [0.1, 0.15) is 39.5 Å². The number of carbonyl (C=O) groups excluding carboxylic acids is 1. The van der Waals surface area contributed by atoms with Gasteiger partial charge in [-0.1, -0.05) is 0 Å². The molecule has 1 saturated heterocycles. The molecular formula is C13H22N2O3. The summed E-state index contributed by atoms with van der Waals surface area (Å²) in [6, 6.07) is 0.328. The molecule has 102 valence electrons. The largest absolute Gasteiger partial charge is 0.481 e. The van der Waals surface area contributed by atoms with E-state index in [9.17, 15) is 14.7 Å². The molecule has 2 rings (SSSR count). The third-order valence-corrected chi connectivity index (χ3v) is 4.19. The van der Waals surface area contributed by atoms with Crippen LogP contribution in [0.3, 0.4) is 0 Å². The summed E-state index contributed by atoms with van der Waals surface area (Å²) in [5, 5.41) is 12.2. The fourth-order valence-corrected chi connectivity index (χ4v) is 2.42. The van der Waals surface area contributed by atoms with Crippen molar-refractivity contribution in [3.63, 3.8) is 0 Å². The Hall–Kier alpha value is -1.26. The molecule has 5 heteroatoms. The number of hydrogen-bond donors (Lipinski definition) is 2. The first kappa shape index (κ1) is 13.2. The fraction of sp³-hybridized carbons (Fsp3) is 0.846. The molecule has 0 aromatic carbocycles. The first-order valence-electron chi connectivity index (χ1n) is 6.70. The average molecular weight is 254 g/mol. The number of nitrogens with one attached hydrogen (secondary N) is 1. The first-order chi connectivity index (χ1) is 8.41. The number of piperidine rings is 1. The van der Waals surface area contributed by atoms with E-state index in [4.69, 9.17) is 0 Å². The monoisotopic (exact) mass is 254 g/mol. The van der Waals surface area contributed by atoms with Crippen molar-refractivity contribution >= 4 is 12.0 Å². The summed E-state index contributed by atoms with van der Waals surface area (Å²) < 4.78 is 0. The van der Waals surface area contributed by atoms with E-state index in [-0.39, 0.29) is 11.9 Å². The summed E-state index contributed by atoms with van der Waals surface area (Å²) in [5.41, 5.74) is -0.765. The van der Waals surface area contributed by atoms with E-state index >= 15 is 0 Å². The molecule has 1 unspecified atom stereocenters. The van der Waals surface area contributed by atoms with E-state index in [2.05, 4.69) is 5.32 Å². The van der Waals surface area contributed by atoms with Crippen molar-refractivity contribution in [2.75, 3.05) is 13.1 Å². The molecule has 1 aliphatic carbocycles. The van der Waals surface area contributed by atoms with E-state index in [1.54, 1.807) is 18.7 Å². The van der Waals surface area contributed by atoms with Crippen molar-refractivity contribution in [3.8, 4) is 0 Å². The Morgan fingerprint density at radius 2 is 1.94 bits per heavy atom. The number of amides is 2. The Morgan fingerprint density at radius 1 is 1.28 bits per heavy atom. The topological polar surface area (TPSA) is 69.6 Å². The second kappa shape index (κ2) is 4.78. The van der Waals surface area contributed by atoms with Gasteiger partial charge in [0, 0.05) is 19.1 Å². The third kappa shape index (κ3) is 2.76. The van der Waals surface area contributed by atoms with Gasteiger partial charge in [0.25, 0.3) is 0 Å². The fourth-order valence-electron chi connectivity index (χ4n) is 2.42. The van der Waals surface area contributed by atoms with Crippen LogP contribution in [0.2, 0.25) is 0 Å². The van der Waals surface area contributed by atoms with Gasteiger partial charge in [0.1, 0.15) is 0 Å². The van der Waals surface area contributed by atoms with Crippen molar-refractivity contribution in [2.24, 2.45) is 11.3 Å². The first-order valence-corrected chi connectivity index (χ1v) is 6.70. The van der Waals surface area contributed by atoms with Gasteiger partial charge in [0.2, 0.25) is 0 Å². The Morgan fingerprint density at radius 3 is 2.50 bits per heavy atom. The highest BCUT2D eigenvalue weighted by Gasteiger charge is 2.40. The molecule has 0 aromatic rings. The summed E-state index contributed by atoms with van der Waals surface area (Å²) in [7, 11) is 0. The zero-order chi connectivity index (χ0) is 13.3. The number of carboxylic acid groups (broad SMARTS) is 1. The smallest absolute Gasteiger partial charge is 0.317 e. The SMILES string of the molecule is CC(C)(C(=O)O)C1CCCN(C(=O)NC2CC2)C1. The Bertz CT molecular complexity index is 350. The van der Waals surface area contributed by atoms with Gasteiger partial charge >= 0.3 is 12.0 Å². The lowest BCUT2D eigenvalue weighted by atomic mass is 9.74. The maximum atomic E-state index is 12.0. The van der Waals surface area contributed by atoms with Crippen LogP contribution in [-0.4, -0.2) is 41.1 Å². The highest BCUT2D eigenvalue weighted by atomic mass is 16.4. The van der Waals surface area contributed by atoms with Crippen LogP contribution < -0.4 is 5.32 Å². The van der Waals surface area contributed by atoms with Crippen LogP contribution in [0, 0.1) is 11.3 Å². The molecule has 18 heavy (non-hydrogen) atoms. The molecule has 1 atom stereocenters. The maximum absolute atomic E-state index is 12.0. The zero-order valence-electron chi connectivity index (χ0n) is 11.1. The normalized spacial score (nSPS) is 24.8. The molecule has 1 heterocycles. The van der Waals surface area contributed by atoms with Gasteiger partial charge in [-0.2, -0.15) is 0 Å². The highest BCUT2D eigenvalue weighted by Crippen LogP contribution is 2.34. The van der Waals surface area contributed by atoms with Gasteiger partial charge in [-0.3, -0.25) is 4.79 Å². The minimum atomic E-state index is -0.781. The minimum absolute atomic E-state index is 0.0246. The number of rotatable bonds is 3. The summed E-state index contributed by atoms with van der Waals surface area (Å²) in [6.45, 7) is 4.80. The summed E-state index contributed by atoms with van der Waals surface area (Å²) in [4.78, 5) is 25.0. The van der Waals surface area contributed by atoms with Crippen molar-refractivity contribution in [2.45, 2.75) is 45.6 Å². The van der Waals surface area contributed by atoms with Gasteiger partial charge in [0.15, 0.2) is 0 Å². The molecule has 1 aliphatic heterocycles. The van der Waals surface area contributed by atoms with Gasteiger partial charge in [-0.25, -0.2) is 4.79 Å². The Labute approximate surface area is 108 Å². The predicted molar refractivity (Wildman–Crippen MR) is 67.3 cm³/mol. The molecule has 0 radical (unpaired) electrons. The number of hydrogen-bond acceptors (Lipinski definition) is 2. The molecule has 0 spiro atoms. The number of likely N-dealkylation sites (tertiary alicyclic amines) is 1. The summed E-state index contributed by atoms with van der Waals surface area (Å²) in [6.07, 6.45) is 3.92. The van der Waals surface area contributed by atoms with Crippen molar-refractivity contribution in [1.82, 2.24) is 10.2 Å². The standard InChI is InChI=1S/C13H22N2O3/c1-13(2,11(16)17)9-4-3-7-15(8-9)12(18)14-10-5-6-10/h9-10H,3-8H2,1-2H3,(H,14,18)(H,16,17). The number of nitrogens with zero attached hydrogens (tertiary/aromatic N) is 1. The van der Waals surface area contributed by atoms with Gasteiger partial charge < -0.3 is 15.3 Å². The van der Waals surface area contributed by atoms with Gasteiger partial charge in [-0.05, 0) is 45.4 Å². The van der Waals surface area contributed by atoms with E-state index in [0.29, 0.717) is 12.6 Å². The number of aliphatic carboxylic acids is 1. The van der Waals surface area contributed by atoms with Crippen LogP contribution in [0.25, 0.3) is 0 Å². The number of carboxylic acids is 1. The molecule has 0 bridgehead atoms. The predicted octanol–water partition coefficient (Wildman–Crippen LogP) is 1.68. The zero-order valence-corrected chi connectivity index (χ0v) is 11.1. The van der Waals surface area contributed by atoms with Crippen molar-refractivity contribution < 1.29 is 14.7 Å². The van der Waals surface area contributed by atoms with Gasteiger partial charge in [-0.15, -0.1) is 0 Å². The van der Waals surface area contributed by atoms with Crippen LogP contribution in [0.4, 0.5) is 4.79 Å². The quantitative estimate of drug-likeness (QED) is 0.805. The van der Waals surface area contributed by atoms with Crippen molar-refractivity contribution in [3.05, 3.63) is 0 Å². The Balaban J connectivity index is 1.95. The molecule has 2 fully saturated rings. The summed E-state index contributed by atoms with van der Waals surface area (Å²) >= 11 is 0. The number of carbonyl (C=O) groups is 2. The van der Waals surface area contributed by atoms with E-state index in [1.807, 2.05) is 0 Å². The lowest BCUT2D eigenvalue weighted by Gasteiger charge is -2.39.